The number of aromatic amines is 1. The Balaban J connectivity index is 0.00000121. The van der Waals surface area contributed by atoms with Gasteiger partial charge in [0.1, 0.15) is 5.75 Å². The molecule has 1 aromatic heterocycles. The Kier molecular flexibility index (Phi) is 7.21. The lowest BCUT2D eigenvalue weighted by molar-refractivity contribution is 0.418. The number of methoxy groups -OCH3 is 1. The van der Waals surface area contributed by atoms with Crippen molar-refractivity contribution in [3.8, 4) is 5.75 Å². The van der Waals surface area contributed by atoms with Crippen molar-refractivity contribution >= 4 is 41.4 Å². The van der Waals surface area contributed by atoms with Crippen LogP contribution in [0.4, 0.5) is 5.69 Å². The molecular weight excluding hydrogens is 373 g/mol. The molecule has 1 aliphatic heterocycles. The third-order valence-electron chi connectivity index (χ3n) is 5.31. The first-order chi connectivity index (χ1) is 11.8. The first-order valence-electron chi connectivity index (χ1n) is 8.99. The standard InChI is InChI=1S/C19H25N3O2.2ClH/c1-24-16-10-12(11-21-13-5-2-3-6-13)9-15-17(16)18-14(19(23)22-15)7-4-8-20-18;;/h9-10,13,20-21H,2-8,11H2,1H3,(H,22,23);2*1H. The smallest absolute Gasteiger partial charge is 0.253 e. The van der Waals surface area contributed by atoms with E-state index in [0.717, 1.165) is 59.4 Å². The molecule has 0 unspecified atom stereocenters. The molecule has 144 valence electrons. The number of halogens is 2. The van der Waals surface area contributed by atoms with Crippen LogP contribution >= 0.6 is 24.8 Å². The van der Waals surface area contributed by atoms with Gasteiger partial charge >= 0.3 is 0 Å². The molecular formula is C19H27Cl2N3O2. The van der Waals surface area contributed by atoms with E-state index in [1.807, 2.05) is 0 Å². The molecule has 3 N–H and O–H groups in total. The van der Waals surface area contributed by atoms with Crippen molar-refractivity contribution in [1.29, 1.82) is 0 Å². The Labute approximate surface area is 166 Å². The normalized spacial score (nSPS) is 16.3. The molecule has 0 radical (unpaired) electrons. The van der Waals surface area contributed by atoms with Gasteiger partial charge in [-0.3, -0.25) is 4.79 Å². The average Bonchev–Trinajstić information content (AvgIpc) is 3.13. The fraction of sp³-hybridized carbons (Fsp3) is 0.526. The molecule has 0 atom stereocenters. The van der Waals surface area contributed by atoms with Crippen LogP contribution < -0.4 is 20.9 Å². The summed E-state index contributed by atoms with van der Waals surface area (Å²) >= 11 is 0. The largest absolute Gasteiger partial charge is 0.496 e. The number of rotatable bonds is 4. The summed E-state index contributed by atoms with van der Waals surface area (Å²) < 4.78 is 5.66. The van der Waals surface area contributed by atoms with Crippen LogP contribution in [0.25, 0.3) is 10.9 Å². The van der Waals surface area contributed by atoms with Gasteiger partial charge in [-0.15, -0.1) is 24.8 Å². The molecule has 1 fully saturated rings. The molecule has 7 heteroatoms. The van der Waals surface area contributed by atoms with Gasteiger partial charge in [0.2, 0.25) is 0 Å². The number of benzene rings is 1. The monoisotopic (exact) mass is 399 g/mol. The molecule has 26 heavy (non-hydrogen) atoms. The molecule has 1 aliphatic carbocycles. The van der Waals surface area contributed by atoms with Crippen molar-refractivity contribution in [2.24, 2.45) is 0 Å². The molecule has 0 saturated heterocycles. The van der Waals surface area contributed by atoms with E-state index in [2.05, 4.69) is 27.8 Å². The minimum atomic E-state index is 0. The Hall–Kier alpha value is -1.43. The maximum atomic E-state index is 12.4. The average molecular weight is 400 g/mol. The second-order valence-electron chi connectivity index (χ2n) is 6.92. The summed E-state index contributed by atoms with van der Waals surface area (Å²) in [6.45, 7) is 1.71. The number of hydrogen-bond acceptors (Lipinski definition) is 4. The highest BCUT2D eigenvalue weighted by atomic mass is 35.5. The van der Waals surface area contributed by atoms with Crippen LogP contribution in [0.15, 0.2) is 16.9 Å². The summed E-state index contributed by atoms with van der Waals surface area (Å²) in [5, 5.41) is 8.03. The summed E-state index contributed by atoms with van der Waals surface area (Å²) in [4.78, 5) is 15.5. The zero-order valence-electron chi connectivity index (χ0n) is 15.0. The van der Waals surface area contributed by atoms with Crippen LogP contribution in [0.1, 0.15) is 43.2 Å². The number of anilines is 1. The van der Waals surface area contributed by atoms with Crippen molar-refractivity contribution in [2.75, 3.05) is 19.0 Å². The van der Waals surface area contributed by atoms with Gasteiger partial charge in [-0.1, -0.05) is 12.8 Å². The number of H-pyrrole nitrogens is 1. The maximum absolute atomic E-state index is 12.4. The van der Waals surface area contributed by atoms with E-state index in [1.165, 1.54) is 25.7 Å². The van der Waals surface area contributed by atoms with Crippen LogP contribution in [0.3, 0.4) is 0 Å². The van der Waals surface area contributed by atoms with E-state index < -0.39 is 0 Å². The molecule has 0 amide bonds. The van der Waals surface area contributed by atoms with Crippen molar-refractivity contribution in [3.05, 3.63) is 33.6 Å². The van der Waals surface area contributed by atoms with Crippen molar-refractivity contribution in [3.63, 3.8) is 0 Å². The number of hydrogen-bond donors (Lipinski definition) is 3. The van der Waals surface area contributed by atoms with Crippen LogP contribution in [0.2, 0.25) is 0 Å². The first-order valence-corrected chi connectivity index (χ1v) is 8.99. The van der Waals surface area contributed by atoms with Crippen molar-refractivity contribution in [2.45, 2.75) is 51.1 Å². The second kappa shape index (κ2) is 8.98. The maximum Gasteiger partial charge on any atom is 0.253 e. The molecule has 2 aromatic rings. The van der Waals surface area contributed by atoms with Crippen molar-refractivity contribution < 1.29 is 4.74 Å². The lowest BCUT2D eigenvalue weighted by Crippen LogP contribution is -2.25. The Morgan fingerprint density at radius 1 is 1.19 bits per heavy atom. The number of nitrogens with one attached hydrogen (secondary N) is 3. The van der Waals surface area contributed by atoms with Gasteiger partial charge in [-0.25, -0.2) is 0 Å². The second-order valence-corrected chi connectivity index (χ2v) is 6.92. The lowest BCUT2D eigenvalue weighted by Gasteiger charge is -2.21. The molecule has 0 spiro atoms. The highest BCUT2D eigenvalue weighted by Crippen LogP contribution is 2.35. The summed E-state index contributed by atoms with van der Waals surface area (Å²) in [6.07, 6.45) is 6.99. The predicted molar refractivity (Wildman–Crippen MR) is 112 cm³/mol. The van der Waals surface area contributed by atoms with Gasteiger partial charge in [0.05, 0.1) is 23.7 Å². The summed E-state index contributed by atoms with van der Waals surface area (Å²) in [5.41, 5.74) is 3.83. The van der Waals surface area contributed by atoms with Gasteiger partial charge in [0.25, 0.3) is 5.56 Å². The predicted octanol–water partition coefficient (Wildman–Crippen LogP) is 3.77. The highest BCUT2D eigenvalue weighted by Gasteiger charge is 2.20. The summed E-state index contributed by atoms with van der Waals surface area (Å²) in [5.74, 6) is 0.831. The van der Waals surface area contributed by atoms with Crippen LogP contribution in [-0.2, 0) is 13.0 Å². The van der Waals surface area contributed by atoms with Crippen LogP contribution in [0, 0.1) is 0 Å². The third kappa shape index (κ3) is 3.95. The van der Waals surface area contributed by atoms with E-state index in [1.54, 1.807) is 7.11 Å². The van der Waals surface area contributed by atoms with Gasteiger partial charge < -0.3 is 20.4 Å². The summed E-state index contributed by atoms with van der Waals surface area (Å²) in [6, 6.07) is 4.80. The number of fused-ring (bicyclic) bond motifs is 3. The van der Waals surface area contributed by atoms with E-state index in [-0.39, 0.29) is 30.4 Å². The Bertz CT molecular complexity index is 817. The summed E-state index contributed by atoms with van der Waals surface area (Å²) in [7, 11) is 1.70. The zero-order chi connectivity index (χ0) is 16.5. The zero-order valence-corrected chi connectivity index (χ0v) is 16.7. The minimum absolute atomic E-state index is 0. The minimum Gasteiger partial charge on any atom is -0.496 e. The number of ether oxygens (including phenoxy) is 1. The molecule has 2 aliphatic rings. The first kappa shape index (κ1) is 20.9. The fourth-order valence-electron chi connectivity index (χ4n) is 4.06. The van der Waals surface area contributed by atoms with Gasteiger partial charge in [-0.05, 0) is 43.4 Å². The van der Waals surface area contributed by atoms with Gasteiger partial charge in [0.15, 0.2) is 0 Å². The number of aromatic nitrogens is 1. The molecule has 4 rings (SSSR count). The highest BCUT2D eigenvalue weighted by molar-refractivity contribution is 5.98. The number of pyridine rings is 1. The quantitative estimate of drug-likeness (QED) is 0.731. The Morgan fingerprint density at radius 3 is 2.69 bits per heavy atom. The SMILES string of the molecule is COc1cc(CNC2CCCC2)cc2[nH]c(=O)c3c(c12)NCCC3.Cl.Cl. The van der Waals surface area contributed by atoms with Crippen molar-refractivity contribution in [1.82, 2.24) is 10.3 Å². The van der Waals surface area contributed by atoms with E-state index >= 15 is 0 Å². The molecule has 0 bridgehead atoms. The van der Waals surface area contributed by atoms with Gasteiger partial charge in [-0.2, -0.15) is 0 Å². The topological polar surface area (TPSA) is 66.1 Å². The van der Waals surface area contributed by atoms with E-state index in [9.17, 15) is 4.79 Å². The van der Waals surface area contributed by atoms with E-state index in [4.69, 9.17) is 4.74 Å². The molecule has 2 heterocycles. The third-order valence-corrected chi connectivity index (χ3v) is 5.31. The molecule has 5 nitrogen and oxygen atoms in total. The fourth-order valence-corrected chi connectivity index (χ4v) is 4.06. The van der Waals surface area contributed by atoms with E-state index in [0.29, 0.717) is 6.04 Å². The van der Waals surface area contributed by atoms with Gasteiger partial charge in [0, 0.05) is 24.7 Å². The molecule has 1 aromatic carbocycles. The molecule has 1 saturated carbocycles. The van der Waals surface area contributed by atoms with Crippen LogP contribution in [-0.4, -0.2) is 24.7 Å². The lowest BCUT2D eigenvalue weighted by atomic mass is 9.99. The Morgan fingerprint density at radius 2 is 1.96 bits per heavy atom. The van der Waals surface area contributed by atoms with Crippen LogP contribution in [0.5, 0.6) is 5.75 Å².